The van der Waals surface area contributed by atoms with Gasteiger partial charge in [-0.3, -0.25) is 4.57 Å². The van der Waals surface area contributed by atoms with Crippen molar-refractivity contribution in [1.82, 2.24) is 14.5 Å². The second-order valence-electron chi connectivity index (χ2n) is 5.09. The molecule has 2 aromatic heterocycles. The zero-order chi connectivity index (χ0) is 15.0. The zero-order valence-electron chi connectivity index (χ0n) is 11.9. The zero-order valence-corrected chi connectivity index (χ0v) is 13.4. The first-order chi connectivity index (χ1) is 10.1. The maximum absolute atomic E-state index is 6.26. The van der Waals surface area contributed by atoms with Crippen molar-refractivity contribution in [3.05, 3.63) is 52.4 Å². The quantitative estimate of drug-likeness (QED) is 0.667. The molecule has 21 heavy (non-hydrogen) atoms. The monoisotopic (exact) mass is 319 g/mol. The Hall–Kier alpha value is -1.58. The maximum Gasteiger partial charge on any atom is 0.164 e. The number of nitrogens with zero attached hydrogens (tertiary/aromatic N) is 3. The van der Waals surface area contributed by atoms with Crippen molar-refractivity contribution in [3.8, 4) is 5.69 Å². The lowest BCUT2D eigenvalue weighted by atomic mass is 10.2. The number of imidazole rings is 1. The second kappa shape index (κ2) is 5.66. The van der Waals surface area contributed by atoms with Gasteiger partial charge in [-0.2, -0.15) is 0 Å². The second-order valence-corrected chi connectivity index (χ2v) is 5.88. The van der Waals surface area contributed by atoms with Crippen LogP contribution in [0.1, 0.15) is 17.0 Å². The van der Waals surface area contributed by atoms with Crippen LogP contribution in [0.5, 0.6) is 0 Å². The Morgan fingerprint density at radius 2 is 2.00 bits per heavy atom. The van der Waals surface area contributed by atoms with Gasteiger partial charge in [0, 0.05) is 23.5 Å². The number of pyridine rings is 1. The molecule has 0 atom stereocenters. The van der Waals surface area contributed by atoms with Crippen LogP contribution in [0.25, 0.3) is 16.9 Å². The third kappa shape index (κ3) is 2.63. The normalized spacial score (nSPS) is 11.2. The lowest BCUT2D eigenvalue weighted by Crippen LogP contribution is -2.03. The summed E-state index contributed by atoms with van der Waals surface area (Å²) in [6.07, 6.45) is 2.53. The van der Waals surface area contributed by atoms with Crippen LogP contribution < -0.4 is 0 Å². The highest BCUT2D eigenvalue weighted by molar-refractivity contribution is 6.31. The number of hydrogen-bond donors (Lipinski definition) is 0. The summed E-state index contributed by atoms with van der Waals surface area (Å²) in [6.45, 7) is 3.99. The summed E-state index contributed by atoms with van der Waals surface area (Å²) in [5, 5.41) is 0.735. The molecular weight excluding hydrogens is 305 g/mol. The average Bonchev–Trinajstić information content (AvgIpc) is 2.79. The van der Waals surface area contributed by atoms with E-state index in [1.54, 1.807) is 0 Å². The molecule has 1 aromatic carbocycles. The van der Waals surface area contributed by atoms with Crippen LogP contribution in [0.2, 0.25) is 5.02 Å². The smallest absolute Gasteiger partial charge is 0.164 e. The number of rotatable bonds is 3. The van der Waals surface area contributed by atoms with E-state index in [-0.39, 0.29) is 0 Å². The van der Waals surface area contributed by atoms with Gasteiger partial charge in [0.05, 0.1) is 5.69 Å². The van der Waals surface area contributed by atoms with Crippen LogP contribution in [0.4, 0.5) is 0 Å². The molecule has 0 unspecified atom stereocenters. The number of hydrogen-bond acceptors (Lipinski definition) is 2. The Labute approximate surface area is 133 Å². The third-order valence-corrected chi connectivity index (χ3v) is 4.03. The van der Waals surface area contributed by atoms with Crippen LogP contribution in [0, 0.1) is 13.8 Å². The molecule has 0 saturated heterocycles. The van der Waals surface area contributed by atoms with Crippen molar-refractivity contribution < 1.29 is 0 Å². The summed E-state index contributed by atoms with van der Waals surface area (Å²) >= 11 is 12.2. The molecule has 108 valence electrons. The summed E-state index contributed by atoms with van der Waals surface area (Å²) in [5.74, 6) is 1.42. The molecule has 0 amide bonds. The molecule has 3 rings (SSSR count). The van der Waals surface area contributed by atoms with E-state index in [0.29, 0.717) is 12.3 Å². The van der Waals surface area contributed by atoms with Gasteiger partial charge in [-0.25, -0.2) is 9.97 Å². The molecule has 0 aliphatic carbocycles. The predicted molar refractivity (Wildman–Crippen MR) is 87.8 cm³/mol. The Kier molecular flexibility index (Phi) is 3.87. The molecule has 2 heterocycles. The summed E-state index contributed by atoms with van der Waals surface area (Å²) in [7, 11) is 0. The van der Waals surface area contributed by atoms with Gasteiger partial charge in [-0.1, -0.05) is 17.7 Å². The first-order valence-corrected chi connectivity index (χ1v) is 7.68. The minimum atomic E-state index is 0.516. The fourth-order valence-electron chi connectivity index (χ4n) is 2.36. The first kappa shape index (κ1) is 14.4. The van der Waals surface area contributed by atoms with Gasteiger partial charge in [0.15, 0.2) is 5.65 Å². The number of halogens is 2. The molecule has 0 aliphatic heterocycles. The third-order valence-electron chi connectivity index (χ3n) is 3.44. The molecule has 0 N–H and O–H groups in total. The van der Waals surface area contributed by atoms with Gasteiger partial charge in [-0.05, 0) is 43.2 Å². The number of alkyl halides is 1. The van der Waals surface area contributed by atoms with Crippen molar-refractivity contribution in [3.63, 3.8) is 0 Å². The SMILES string of the molecule is Cc1cnc2c(c1)nc(CCCl)n2-c1ccc(C)c(Cl)c1. The van der Waals surface area contributed by atoms with E-state index in [1.807, 2.05) is 48.9 Å². The Balaban J connectivity index is 2.27. The molecule has 3 nitrogen and oxygen atoms in total. The van der Waals surface area contributed by atoms with Crippen molar-refractivity contribution >= 4 is 34.4 Å². The maximum atomic E-state index is 6.26. The van der Waals surface area contributed by atoms with Crippen molar-refractivity contribution in [2.75, 3.05) is 5.88 Å². The van der Waals surface area contributed by atoms with Gasteiger partial charge in [0.25, 0.3) is 0 Å². The topological polar surface area (TPSA) is 30.7 Å². The summed E-state index contributed by atoms with van der Waals surface area (Å²) in [6, 6.07) is 8.01. The fraction of sp³-hybridized carbons (Fsp3) is 0.250. The number of aryl methyl sites for hydroxylation is 3. The van der Waals surface area contributed by atoms with Crippen LogP contribution in [0.15, 0.2) is 30.5 Å². The molecular formula is C16H15Cl2N3. The minimum Gasteiger partial charge on any atom is -0.281 e. The molecule has 0 fully saturated rings. The van der Waals surface area contributed by atoms with E-state index in [1.165, 1.54) is 0 Å². The van der Waals surface area contributed by atoms with E-state index in [0.717, 1.165) is 38.8 Å². The lowest BCUT2D eigenvalue weighted by molar-refractivity contribution is 0.905. The van der Waals surface area contributed by atoms with Crippen LogP contribution in [0.3, 0.4) is 0 Å². The lowest BCUT2D eigenvalue weighted by Gasteiger charge is -2.09. The Morgan fingerprint density at radius 1 is 1.19 bits per heavy atom. The highest BCUT2D eigenvalue weighted by Gasteiger charge is 2.14. The Morgan fingerprint density at radius 3 is 2.71 bits per heavy atom. The van der Waals surface area contributed by atoms with Gasteiger partial charge in [0.1, 0.15) is 11.3 Å². The van der Waals surface area contributed by atoms with Gasteiger partial charge < -0.3 is 0 Å². The average molecular weight is 320 g/mol. The molecule has 3 aromatic rings. The van der Waals surface area contributed by atoms with Crippen molar-refractivity contribution in [2.24, 2.45) is 0 Å². The minimum absolute atomic E-state index is 0.516. The number of fused-ring (bicyclic) bond motifs is 1. The summed E-state index contributed by atoms with van der Waals surface area (Å²) in [5.41, 5.74) is 4.82. The predicted octanol–water partition coefficient (Wildman–Crippen LogP) is 4.47. The van der Waals surface area contributed by atoms with Crippen LogP contribution >= 0.6 is 23.2 Å². The summed E-state index contributed by atoms with van der Waals surface area (Å²) in [4.78, 5) is 9.19. The molecule has 5 heteroatoms. The van der Waals surface area contributed by atoms with Crippen molar-refractivity contribution in [2.45, 2.75) is 20.3 Å². The van der Waals surface area contributed by atoms with Gasteiger partial charge >= 0.3 is 0 Å². The van der Waals surface area contributed by atoms with Gasteiger partial charge in [0.2, 0.25) is 0 Å². The van der Waals surface area contributed by atoms with E-state index < -0.39 is 0 Å². The van der Waals surface area contributed by atoms with Crippen molar-refractivity contribution in [1.29, 1.82) is 0 Å². The number of benzene rings is 1. The molecule has 0 bridgehead atoms. The van der Waals surface area contributed by atoms with E-state index in [9.17, 15) is 0 Å². The summed E-state index contributed by atoms with van der Waals surface area (Å²) < 4.78 is 2.03. The van der Waals surface area contributed by atoms with Crippen LogP contribution in [-0.4, -0.2) is 20.4 Å². The molecule has 0 spiro atoms. The van der Waals surface area contributed by atoms with Gasteiger partial charge in [-0.15, -0.1) is 11.6 Å². The molecule has 0 saturated carbocycles. The number of aromatic nitrogens is 3. The van der Waals surface area contributed by atoms with E-state index >= 15 is 0 Å². The first-order valence-electron chi connectivity index (χ1n) is 6.76. The molecule has 0 aliphatic rings. The highest BCUT2D eigenvalue weighted by Crippen LogP contribution is 2.25. The highest BCUT2D eigenvalue weighted by atomic mass is 35.5. The van der Waals surface area contributed by atoms with E-state index in [4.69, 9.17) is 23.2 Å². The Bertz CT molecular complexity index is 809. The van der Waals surface area contributed by atoms with Crippen LogP contribution in [-0.2, 0) is 6.42 Å². The van der Waals surface area contributed by atoms with E-state index in [2.05, 4.69) is 9.97 Å². The largest absolute Gasteiger partial charge is 0.281 e. The fourth-order valence-corrected chi connectivity index (χ4v) is 2.70. The molecule has 0 radical (unpaired) electrons. The standard InChI is InChI=1S/C16H15Cl2N3/c1-10-7-14-16(19-9-10)21(15(20-14)5-6-17)12-4-3-11(2)13(18)8-12/h3-4,7-9H,5-6H2,1-2H3.